The molecule has 0 aliphatic carbocycles. The summed E-state index contributed by atoms with van der Waals surface area (Å²) < 4.78 is 31.2. The Morgan fingerprint density at radius 3 is 2.44 bits per heavy atom. The highest BCUT2D eigenvalue weighted by Gasteiger charge is 2.45. The molecule has 0 aromatic heterocycles. The van der Waals surface area contributed by atoms with Gasteiger partial charge in [-0.05, 0) is 56.2 Å². The van der Waals surface area contributed by atoms with Gasteiger partial charge in [0.25, 0.3) is 0 Å². The van der Waals surface area contributed by atoms with E-state index in [0.717, 1.165) is 24.8 Å². The van der Waals surface area contributed by atoms with E-state index in [2.05, 4.69) is 0 Å². The molecule has 1 N–H and O–H groups in total. The maximum atomic E-state index is 12.7. The average Bonchev–Trinajstić information content (AvgIpc) is 3.24. The molecule has 2 aliphatic rings. The maximum Gasteiger partial charge on any atom is 0.223 e. The Labute approximate surface area is 202 Å². The quantitative estimate of drug-likeness (QED) is 0.487. The van der Waals surface area contributed by atoms with Gasteiger partial charge in [-0.15, -0.1) is 0 Å². The minimum absolute atomic E-state index is 0.0449. The lowest BCUT2D eigenvalue weighted by Gasteiger charge is -2.45. The predicted molar refractivity (Wildman–Crippen MR) is 131 cm³/mol. The highest BCUT2D eigenvalue weighted by molar-refractivity contribution is 7.91. The summed E-state index contributed by atoms with van der Waals surface area (Å²) in [5.74, 6) is 0.125. The highest BCUT2D eigenvalue weighted by Crippen LogP contribution is 2.39. The Bertz CT molecular complexity index is 1030. The number of carbonyl (C=O) groups is 1. The monoisotopic (exact) mass is 485 g/mol. The third kappa shape index (κ3) is 6.06. The van der Waals surface area contributed by atoms with Gasteiger partial charge in [-0.3, -0.25) is 4.79 Å². The molecule has 0 spiro atoms. The molecule has 0 unspecified atom stereocenters. The topological polar surface area (TPSA) is 83.9 Å². The van der Waals surface area contributed by atoms with Gasteiger partial charge in [0.2, 0.25) is 5.91 Å². The Kier molecular flexibility index (Phi) is 8.40. The van der Waals surface area contributed by atoms with Gasteiger partial charge in [0.1, 0.15) is 0 Å². The molecule has 7 heteroatoms. The molecule has 34 heavy (non-hydrogen) atoms. The standard InChI is InChI=1S/C27H35NO5S/c29-26(17-18-33-20-21-8-3-1-4-9-21)24-15-13-22-14-16-27(30)28(22)25(24)12-7-19-34(31,32)23-10-5-2-6-11-23/h1-6,8-11,22,24-26,29H,7,12-20H2/t22-,24+,25+,26-/m0/s1. The van der Waals surface area contributed by atoms with Gasteiger partial charge in [-0.1, -0.05) is 48.5 Å². The van der Waals surface area contributed by atoms with E-state index in [1.54, 1.807) is 30.3 Å². The van der Waals surface area contributed by atoms with E-state index in [1.807, 2.05) is 35.2 Å². The van der Waals surface area contributed by atoms with Crippen molar-refractivity contribution in [1.82, 2.24) is 4.90 Å². The van der Waals surface area contributed by atoms with Gasteiger partial charge < -0.3 is 14.7 Å². The number of piperidine rings is 1. The Hall–Kier alpha value is -2.22. The smallest absolute Gasteiger partial charge is 0.223 e. The van der Waals surface area contributed by atoms with E-state index in [0.29, 0.717) is 43.8 Å². The molecule has 0 saturated carbocycles. The van der Waals surface area contributed by atoms with Crippen molar-refractivity contribution in [3.05, 3.63) is 66.2 Å². The summed E-state index contributed by atoms with van der Waals surface area (Å²) in [5, 5.41) is 11.0. The molecule has 184 valence electrons. The first-order valence-corrected chi connectivity index (χ1v) is 14.0. The van der Waals surface area contributed by atoms with E-state index >= 15 is 0 Å². The number of ether oxygens (including phenoxy) is 1. The molecule has 6 nitrogen and oxygen atoms in total. The second kappa shape index (κ2) is 11.5. The second-order valence-corrected chi connectivity index (χ2v) is 11.6. The number of hydrogen-bond donors (Lipinski definition) is 1. The van der Waals surface area contributed by atoms with Crippen molar-refractivity contribution in [2.75, 3.05) is 12.4 Å². The highest BCUT2D eigenvalue weighted by atomic mass is 32.2. The fourth-order valence-electron chi connectivity index (χ4n) is 5.50. The number of amides is 1. The summed E-state index contributed by atoms with van der Waals surface area (Å²) in [5.41, 5.74) is 1.10. The summed E-state index contributed by atoms with van der Waals surface area (Å²) in [4.78, 5) is 15.0. The molecule has 2 heterocycles. The molecule has 2 aliphatic heterocycles. The molecular formula is C27H35NO5S. The third-order valence-corrected chi connectivity index (χ3v) is 9.05. The minimum Gasteiger partial charge on any atom is -0.393 e. The molecule has 4 rings (SSSR count). The predicted octanol–water partition coefficient (Wildman–Crippen LogP) is 3.98. The van der Waals surface area contributed by atoms with Gasteiger partial charge >= 0.3 is 0 Å². The van der Waals surface area contributed by atoms with Crippen LogP contribution in [0.5, 0.6) is 0 Å². The molecule has 2 saturated heterocycles. The fraction of sp³-hybridized carbons (Fsp3) is 0.519. The van der Waals surface area contributed by atoms with Gasteiger partial charge in [-0.2, -0.15) is 0 Å². The van der Waals surface area contributed by atoms with Crippen molar-refractivity contribution in [3.8, 4) is 0 Å². The number of aliphatic hydroxyl groups is 1. The van der Waals surface area contributed by atoms with Crippen molar-refractivity contribution in [2.24, 2.45) is 5.92 Å². The number of benzene rings is 2. The summed E-state index contributed by atoms with van der Waals surface area (Å²) in [6, 6.07) is 18.5. The van der Waals surface area contributed by atoms with Crippen LogP contribution in [0.2, 0.25) is 0 Å². The van der Waals surface area contributed by atoms with Crippen LogP contribution in [-0.4, -0.2) is 54.9 Å². The van der Waals surface area contributed by atoms with Crippen LogP contribution in [0, 0.1) is 5.92 Å². The van der Waals surface area contributed by atoms with Crippen LogP contribution in [0.4, 0.5) is 0 Å². The van der Waals surface area contributed by atoms with Crippen LogP contribution in [-0.2, 0) is 26.0 Å². The first-order valence-electron chi connectivity index (χ1n) is 12.3. The number of hydrogen-bond acceptors (Lipinski definition) is 5. The summed E-state index contributed by atoms with van der Waals surface area (Å²) in [7, 11) is -3.36. The first kappa shape index (κ1) is 24.9. The molecule has 0 bridgehead atoms. The van der Waals surface area contributed by atoms with Gasteiger partial charge in [0.15, 0.2) is 9.84 Å². The number of aliphatic hydroxyl groups excluding tert-OH is 1. The zero-order valence-corrected chi connectivity index (χ0v) is 20.4. The lowest BCUT2D eigenvalue weighted by molar-refractivity contribution is -0.136. The largest absolute Gasteiger partial charge is 0.393 e. The fourth-order valence-corrected chi connectivity index (χ4v) is 6.85. The minimum atomic E-state index is -3.36. The van der Waals surface area contributed by atoms with Crippen molar-refractivity contribution >= 4 is 15.7 Å². The van der Waals surface area contributed by atoms with Crippen LogP contribution < -0.4 is 0 Å². The van der Waals surface area contributed by atoms with E-state index < -0.39 is 15.9 Å². The maximum absolute atomic E-state index is 12.7. The molecule has 4 atom stereocenters. The van der Waals surface area contributed by atoms with Crippen LogP contribution in [0.3, 0.4) is 0 Å². The van der Waals surface area contributed by atoms with Crippen LogP contribution in [0.1, 0.15) is 50.5 Å². The first-order chi connectivity index (χ1) is 16.5. The molecule has 2 fully saturated rings. The average molecular weight is 486 g/mol. The zero-order chi connectivity index (χ0) is 24.0. The second-order valence-electron chi connectivity index (χ2n) is 9.47. The lowest BCUT2D eigenvalue weighted by Crippen LogP contribution is -2.53. The van der Waals surface area contributed by atoms with Crippen molar-refractivity contribution in [2.45, 2.75) is 74.6 Å². The SMILES string of the molecule is O=C1CC[C@@H]2CC[C@@H]([C@@H](O)CCOCc3ccccc3)[C@@H](CCCS(=O)(=O)c3ccccc3)N12. The summed E-state index contributed by atoms with van der Waals surface area (Å²) in [6.07, 6.45) is 4.13. The molecule has 1 amide bonds. The Morgan fingerprint density at radius 1 is 1.00 bits per heavy atom. The molecule has 2 aromatic rings. The van der Waals surface area contributed by atoms with Crippen LogP contribution >= 0.6 is 0 Å². The number of nitrogens with zero attached hydrogens (tertiary/aromatic N) is 1. The van der Waals surface area contributed by atoms with E-state index in [-0.39, 0.29) is 29.7 Å². The molecular weight excluding hydrogens is 450 g/mol. The van der Waals surface area contributed by atoms with E-state index in [4.69, 9.17) is 4.74 Å². The van der Waals surface area contributed by atoms with Gasteiger partial charge in [0.05, 0.1) is 23.4 Å². The van der Waals surface area contributed by atoms with E-state index in [9.17, 15) is 18.3 Å². The molecule has 2 aromatic carbocycles. The lowest BCUT2D eigenvalue weighted by atomic mass is 9.79. The Morgan fingerprint density at radius 2 is 1.71 bits per heavy atom. The van der Waals surface area contributed by atoms with Crippen molar-refractivity contribution in [3.63, 3.8) is 0 Å². The van der Waals surface area contributed by atoms with E-state index in [1.165, 1.54) is 0 Å². The van der Waals surface area contributed by atoms with Gasteiger partial charge in [-0.25, -0.2) is 8.42 Å². The van der Waals surface area contributed by atoms with Crippen molar-refractivity contribution < 1.29 is 23.1 Å². The normalized spacial score (nSPS) is 23.6. The van der Waals surface area contributed by atoms with Crippen LogP contribution in [0.15, 0.2) is 65.6 Å². The summed E-state index contributed by atoms with van der Waals surface area (Å²) in [6.45, 7) is 0.949. The van der Waals surface area contributed by atoms with Crippen molar-refractivity contribution in [1.29, 1.82) is 0 Å². The number of carbonyl (C=O) groups excluding carboxylic acids is 1. The summed E-state index contributed by atoms with van der Waals surface area (Å²) >= 11 is 0. The number of sulfone groups is 1. The van der Waals surface area contributed by atoms with Crippen LogP contribution in [0.25, 0.3) is 0 Å². The number of fused-ring (bicyclic) bond motifs is 1. The van der Waals surface area contributed by atoms with Gasteiger partial charge in [0, 0.05) is 31.0 Å². The zero-order valence-electron chi connectivity index (χ0n) is 19.6. The molecule has 0 radical (unpaired) electrons. The third-order valence-electron chi connectivity index (χ3n) is 7.24. The number of rotatable bonds is 11. The Balaban J connectivity index is 1.35.